The first-order valence-electron chi connectivity index (χ1n) is 5.93. The zero-order valence-corrected chi connectivity index (χ0v) is 12.6. The van der Waals surface area contributed by atoms with Gasteiger partial charge < -0.3 is 10.2 Å². The van der Waals surface area contributed by atoms with Crippen LogP contribution in [0.15, 0.2) is 24.3 Å². The number of nitrogens with one attached hydrogen (secondary N) is 1. The molecular weight excluding hydrogens is 274 g/mol. The van der Waals surface area contributed by atoms with Gasteiger partial charge in [0.05, 0.1) is 0 Å². The summed E-state index contributed by atoms with van der Waals surface area (Å²) in [7, 11) is 0. The van der Waals surface area contributed by atoms with Gasteiger partial charge in [-0.1, -0.05) is 26.0 Å². The molecule has 0 unspecified atom stereocenters. The molecular formula is C13H23Cl2FN2. The average Bonchev–Trinajstić information content (AvgIpc) is 2.32. The maximum absolute atomic E-state index is 12.6. The van der Waals surface area contributed by atoms with Gasteiger partial charge in [0.25, 0.3) is 0 Å². The summed E-state index contributed by atoms with van der Waals surface area (Å²) in [5, 5.41) is 3.36. The maximum Gasteiger partial charge on any atom is 0.123 e. The fourth-order valence-corrected chi connectivity index (χ4v) is 1.61. The second-order valence-electron chi connectivity index (χ2n) is 3.83. The zero-order chi connectivity index (χ0) is 11.8. The van der Waals surface area contributed by atoms with Crippen molar-refractivity contribution in [3.63, 3.8) is 0 Å². The third kappa shape index (κ3) is 7.88. The molecule has 106 valence electrons. The van der Waals surface area contributed by atoms with E-state index in [0.29, 0.717) is 0 Å². The molecule has 1 N–H and O–H groups in total. The number of likely N-dealkylation sites (N-methyl/N-ethyl adjacent to an activating group) is 1. The zero-order valence-electron chi connectivity index (χ0n) is 11.0. The van der Waals surface area contributed by atoms with Gasteiger partial charge in [-0.25, -0.2) is 4.39 Å². The lowest BCUT2D eigenvalue weighted by Crippen LogP contribution is -2.31. The number of benzene rings is 1. The van der Waals surface area contributed by atoms with Crippen LogP contribution in [0.1, 0.15) is 19.4 Å². The monoisotopic (exact) mass is 296 g/mol. The largest absolute Gasteiger partial charge is 0.311 e. The molecule has 5 heteroatoms. The molecule has 0 fully saturated rings. The molecule has 0 aromatic heterocycles. The fraction of sp³-hybridized carbons (Fsp3) is 0.538. The summed E-state index contributed by atoms with van der Waals surface area (Å²) in [6, 6.07) is 6.64. The molecule has 1 aromatic rings. The lowest BCUT2D eigenvalue weighted by molar-refractivity contribution is 0.302. The second-order valence-corrected chi connectivity index (χ2v) is 3.83. The van der Waals surface area contributed by atoms with Gasteiger partial charge in [0, 0.05) is 19.6 Å². The Balaban J connectivity index is 0. The SMILES string of the molecule is CCN(CC)CCNCc1ccc(F)cc1.Cl.Cl. The summed E-state index contributed by atoms with van der Waals surface area (Å²) in [6.07, 6.45) is 0. The van der Waals surface area contributed by atoms with Crippen LogP contribution in [0.25, 0.3) is 0 Å². The highest BCUT2D eigenvalue weighted by atomic mass is 35.5. The molecule has 1 aromatic carbocycles. The predicted molar refractivity (Wildman–Crippen MR) is 80.4 cm³/mol. The van der Waals surface area contributed by atoms with Crippen molar-refractivity contribution in [3.05, 3.63) is 35.6 Å². The van der Waals surface area contributed by atoms with Crippen LogP contribution in [0.5, 0.6) is 0 Å². The molecule has 0 atom stereocenters. The molecule has 0 aliphatic rings. The number of halogens is 3. The molecule has 0 aliphatic carbocycles. The second kappa shape index (κ2) is 11.7. The highest BCUT2D eigenvalue weighted by molar-refractivity contribution is 5.85. The lowest BCUT2D eigenvalue weighted by atomic mass is 10.2. The average molecular weight is 297 g/mol. The van der Waals surface area contributed by atoms with Crippen LogP contribution >= 0.6 is 24.8 Å². The Labute approximate surface area is 122 Å². The van der Waals surface area contributed by atoms with Crippen LogP contribution in [-0.2, 0) is 6.54 Å². The van der Waals surface area contributed by atoms with Crippen molar-refractivity contribution in [1.82, 2.24) is 10.2 Å². The van der Waals surface area contributed by atoms with Gasteiger partial charge in [0.1, 0.15) is 5.82 Å². The summed E-state index contributed by atoms with van der Waals surface area (Å²) in [6.45, 7) is 9.37. The number of hydrogen-bond donors (Lipinski definition) is 1. The van der Waals surface area contributed by atoms with E-state index in [1.807, 2.05) is 12.1 Å². The van der Waals surface area contributed by atoms with E-state index >= 15 is 0 Å². The Morgan fingerprint density at radius 1 is 1.06 bits per heavy atom. The molecule has 0 aliphatic heterocycles. The van der Waals surface area contributed by atoms with E-state index in [1.54, 1.807) is 0 Å². The highest BCUT2D eigenvalue weighted by Crippen LogP contribution is 2.01. The quantitative estimate of drug-likeness (QED) is 0.778. The van der Waals surface area contributed by atoms with Crippen LogP contribution < -0.4 is 5.32 Å². The van der Waals surface area contributed by atoms with Gasteiger partial charge in [0.2, 0.25) is 0 Å². The maximum atomic E-state index is 12.6. The summed E-state index contributed by atoms with van der Waals surface area (Å²) in [4.78, 5) is 2.37. The molecule has 0 saturated carbocycles. The summed E-state index contributed by atoms with van der Waals surface area (Å²) < 4.78 is 12.6. The standard InChI is InChI=1S/C13H21FN2.2ClH/c1-3-16(4-2)10-9-15-11-12-5-7-13(14)8-6-12;;/h5-8,15H,3-4,9-11H2,1-2H3;2*1H. The summed E-state index contributed by atoms with van der Waals surface area (Å²) in [5.74, 6) is -0.174. The van der Waals surface area contributed by atoms with E-state index in [0.717, 1.165) is 38.3 Å². The third-order valence-electron chi connectivity index (χ3n) is 2.74. The predicted octanol–water partition coefficient (Wildman–Crippen LogP) is 3.10. The number of rotatable bonds is 7. The van der Waals surface area contributed by atoms with Crippen molar-refractivity contribution in [1.29, 1.82) is 0 Å². The van der Waals surface area contributed by atoms with Crippen molar-refractivity contribution >= 4 is 24.8 Å². The fourth-order valence-electron chi connectivity index (χ4n) is 1.61. The highest BCUT2D eigenvalue weighted by Gasteiger charge is 1.98. The minimum absolute atomic E-state index is 0. The Bertz CT molecular complexity index is 290. The van der Waals surface area contributed by atoms with E-state index in [1.165, 1.54) is 12.1 Å². The van der Waals surface area contributed by atoms with Crippen LogP contribution in [0.2, 0.25) is 0 Å². The van der Waals surface area contributed by atoms with Crippen molar-refractivity contribution in [2.75, 3.05) is 26.2 Å². The molecule has 0 amide bonds. The Kier molecular flexibility index (Phi) is 13.0. The van der Waals surface area contributed by atoms with Gasteiger partial charge in [-0.3, -0.25) is 0 Å². The van der Waals surface area contributed by atoms with Gasteiger partial charge >= 0.3 is 0 Å². The van der Waals surface area contributed by atoms with E-state index in [9.17, 15) is 4.39 Å². The van der Waals surface area contributed by atoms with Crippen LogP contribution in [0.3, 0.4) is 0 Å². The smallest absolute Gasteiger partial charge is 0.123 e. The van der Waals surface area contributed by atoms with Gasteiger partial charge in [-0.05, 0) is 30.8 Å². The van der Waals surface area contributed by atoms with Crippen molar-refractivity contribution in [2.45, 2.75) is 20.4 Å². The molecule has 0 saturated heterocycles. The van der Waals surface area contributed by atoms with Crippen LogP contribution in [0, 0.1) is 5.82 Å². The van der Waals surface area contributed by atoms with Gasteiger partial charge in [-0.2, -0.15) is 0 Å². The first-order valence-corrected chi connectivity index (χ1v) is 5.93. The molecule has 0 bridgehead atoms. The number of nitrogens with zero attached hydrogens (tertiary/aromatic N) is 1. The summed E-state index contributed by atoms with van der Waals surface area (Å²) >= 11 is 0. The van der Waals surface area contributed by atoms with Crippen LogP contribution in [0.4, 0.5) is 4.39 Å². The molecule has 0 heterocycles. The van der Waals surface area contributed by atoms with Crippen molar-refractivity contribution in [3.8, 4) is 0 Å². The van der Waals surface area contributed by atoms with E-state index in [4.69, 9.17) is 0 Å². The van der Waals surface area contributed by atoms with E-state index in [2.05, 4.69) is 24.1 Å². The first kappa shape index (κ1) is 20.0. The number of hydrogen-bond acceptors (Lipinski definition) is 2. The minimum atomic E-state index is -0.174. The van der Waals surface area contributed by atoms with Gasteiger partial charge in [-0.15, -0.1) is 24.8 Å². The Hall–Kier alpha value is -0.350. The topological polar surface area (TPSA) is 15.3 Å². The Morgan fingerprint density at radius 3 is 2.11 bits per heavy atom. The van der Waals surface area contributed by atoms with E-state index in [-0.39, 0.29) is 30.6 Å². The van der Waals surface area contributed by atoms with E-state index < -0.39 is 0 Å². The normalized spacial score (nSPS) is 9.78. The minimum Gasteiger partial charge on any atom is -0.311 e. The molecule has 1 rings (SSSR count). The molecule has 2 nitrogen and oxygen atoms in total. The molecule has 0 radical (unpaired) electrons. The van der Waals surface area contributed by atoms with Crippen LogP contribution in [-0.4, -0.2) is 31.1 Å². The molecule has 18 heavy (non-hydrogen) atoms. The van der Waals surface area contributed by atoms with Gasteiger partial charge in [0.15, 0.2) is 0 Å². The van der Waals surface area contributed by atoms with Crippen molar-refractivity contribution < 1.29 is 4.39 Å². The van der Waals surface area contributed by atoms with Crippen molar-refractivity contribution in [2.24, 2.45) is 0 Å². The summed E-state index contributed by atoms with van der Waals surface area (Å²) in [5.41, 5.74) is 1.13. The third-order valence-corrected chi connectivity index (χ3v) is 2.74. The lowest BCUT2D eigenvalue weighted by Gasteiger charge is -2.17. The Morgan fingerprint density at radius 2 is 1.61 bits per heavy atom. The first-order chi connectivity index (χ1) is 7.76. The molecule has 0 spiro atoms.